The maximum absolute atomic E-state index is 12.2. The fraction of sp³-hybridized carbons (Fsp3) is 0.533. The van der Waals surface area contributed by atoms with Gasteiger partial charge in [-0.3, -0.25) is 4.79 Å². The SMILES string of the molecule is C[C@@H]1CNC[C@H]1C(=O)Nc1cccc(CN(C)C)c1. The molecule has 1 aliphatic heterocycles. The number of anilines is 1. The Kier molecular flexibility index (Phi) is 4.56. The molecule has 1 aliphatic rings. The summed E-state index contributed by atoms with van der Waals surface area (Å²) in [6, 6.07) is 8.06. The molecule has 0 bridgehead atoms. The summed E-state index contributed by atoms with van der Waals surface area (Å²) in [4.78, 5) is 14.3. The molecule has 0 spiro atoms. The van der Waals surface area contributed by atoms with Crippen LogP contribution in [0.25, 0.3) is 0 Å². The number of nitrogens with one attached hydrogen (secondary N) is 2. The van der Waals surface area contributed by atoms with E-state index in [1.807, 2.05) is 32.3 Å². The predicted octanol–water partition coefficient (Wildman–Crippen LogP) is 1.54. The lowest BCUT2D eigenvalue weighted by molar-refractivity contribution is -0.120. The average Bonchev–Trinajstić information content (AvgIpc) is 2.75. The van der Waals surface area contributed by atoms with E-state index in [-0.39, 0.29) is 11.8 Å². The molecule has 1 aromatic rings. The molecule has 2 atom stereocenters. The highest BCUT2D eigenvalue weighted by Crippen LogP contribution is 2.19. The normalized spacial score (nSPS) is 22.7. The Bertz CT molecular complexity index is 445. The topological polar surface area (TPSA) is 44.4 Å². The maximum Gasteiger partial charge on any atom is 0.229 e. The summed E-state index contributed by atoms with van der Waals surface area (Å²) in [6.07, 6.45) is 0. The van der Waals surface area contributed by atoms with Crippen LogP contribution >= 0.6 is 0 Å². The van der Waals surface area contributed by atoms with Gasteiger partial charge in [0, 0.05) is 18.8 Å². The minimum absolute atomic E-state index is 0.0810. The summed E-state index contributed by atoms with van der Waals surface area (Å²) in [5.41, 5.74) is 2.10. The van der Waals surface area contributed by atoms with Crippen LogP contribution in [0, 0.1) is 11.8 Å². The van der Waals surface area contributed by atoms with Gasteiger partial charge < -0.3 is 15.5 Å². The van der Waals surface area contributed by atoms with Crippen LogP contribution in [0.15, 0.2) is 24.3 Å². The predicted molar refractivity (Wildman–Crippen MR) is 78.0 cm³/mol. The van der Waals surface area contributed by atoms with Gasteiger partial charge in [0.05, 0.1) is 5.92 Å². The zero-order chi connectivity index (χ0) is 13.8. The molecule has 0 radical (unpaired) electrons. The van der Waals surface area contributed by atoms with Crippen LogP contribution in [0.4, 0.5) is 5.69 Å². The second kappa shape index (κ2) is 6.17. The van der Waals surface area contributed by atoms with E-state index in [1.165, 1.54) is 5.56 Å². The molecule has 0 saturated carbocycles. The number of carbonyl (C=O) groups excluding carboxylic acids is 1. The fourth-order valence-corrected chi connectivity index (χ4v) is 2.51. The number of amides is 1. The van der Waals surface area contributed by atoms with Crippen molar-refractivity contribution in [3.05, 3.63) is 29.8 Å². The van der Waals surface area contributed by atoms with Gasteiger partial charge in [-0.25, -0.2) is 0 Å². The van der Waals surface area contributed by atoms with Crippen LogP contribution < -0.4 is 10.6 Å². The first-order chi connectivity index (χ1) is 9.06. The van der Waals surface area contributed by atoms with Gasteiger partial charge in [-0.1, -0.05) is 19.1 Å². The van der Waals surface area contributed by atoms with Crippen molar-refractivity contribution in [2.75, 3.05) is 32.5 Å². The van der Waals surface area contributed by atoms with Gasteiger partial charge in [0.25, 0.3) is 0 Å². The Morgan fingerprint density at radius 1 is 1.42 bits per heavy atom. The largest absolute Gasteiger partial charge is 0.326 e. The number of benzene rings is 1. The molecule has 1 saturated heterocycles. The number of carbonyl (C=O) groups is 1. The fourth-order valence-electron chi connectivity index (χ4n) is 2.51. The van der Waals surface area contributed by atoms with E-state index in [0.717, 1.165) is 25.3 Å². The van der Waals surface area contributed by atoms with Crippen LogP contribution in [-0.2, 0) is 11.3 Å². The van der Waals surface area contributed by atoms with Crippen molar-refractivity contribution in [3.63, 3.8) is 0 Å². The van der Waals surface area contributed by atoms with Crippen LogP contribution in [0.1, 0.15) is 12.5 Å². The number of nitrogens with zero attached hydrogens (tertiary/aromatic N) is 1. The molecule has 1 amide bonds. The van der Waals surface area contributed by atoms with Gasteiger partial charge in [-0.05, 0) is 44.3 Å². The Morgan fingerprint density at radius 2 is 2.21 bits per heavy atom. The van der Waals surface area contributed by atoms with Crippen molar-refractivity contribution in [3.8, 4) is 0 Å². The first-order valence-corrected chi connectivity index (χ1v) is 6.81. The minimum atomic E-state index is 0.0810. The molecule has 4 nitrogen and oxygen atoms in total. The van der Waals surface area contributed by atoms with E-state index in [9.17, 15) is 4.79 Å². The number of hydrogen-bond donors (Lipinski definition) is 2. The van der Waals surface area contributed by atoms with Gasteiger partial charge in [0.1, 0.15) is 0 Å². The lowest BCUT2D eigenvalue weighted by Gasteiger charge is -2.15. The van der Waals surface area contributed by atoms with Crippen LogP contribution in [0.5, 0.6) is 0 Å². The van der Waals surface area contributed by atoms with E-state index < -0.39 is 0 Å². The summed E-state index contributed by atoms with van der Waals surface area (Å²) >= 11 is 0. The Hall–Kier alpha value is -1.39. The summed E-state index contributed by atoms with van der Waals surface area (Å²) in [5.74, 6) is 0.613. The van der Waals surface area contributed by atoms with Gasteiger partial charge in [-0.15, -0.1) is 0 Å². The van der Waals surface area contributed by atoms with Crippen molar-refractivity contribution in [1.29, 1.82) is 0 Å². The third-order valence-corrected chi connectivity index (χ3v) is 3.55. The Morgan fingerprint density at radius 3 is 2.84 bits per heavy atom. The zero-order valence-electron chi connectivity index (χ0n) is 11.9. The van der Waals surface area contributed by atoms with E-state index in [1.54, 1.807) is 0 Å². The molecule has 0 unspecified atom stereocenters. The molecule has 2 N–H and O–H groups in total. The second-order valence-electron chi connectivity index (χ2n) is 5.67. The van der Waals surface area contributed by atoms with Crippen molar-refractivity contribution < 1.29 is 4.79 Å². The molecule has 0 aromatic heterocycles. The highest BCUT2D eigenvalue weighted by atomic mass is 16.1. The Balaban J connectivity index is 2.00. The van der Waals surface area contributed by atoms with Crippen molar-refractivity contribution in [2.45, 2.75) is 13.5 Å². The zero-order valence-corrected chi connectivity index (χ0v) is 11.9. The average molecular weight is 261 g/mol. The molecule has 4 heteroatoms. The van der Waals surface area contributed by atoms with E-state index in [0.29, 0.717) is 5.92 Å². The standard InChI is InChI=1S/C15H23N3O/c1-11-8-16-9-14(11)15(19)17-13-6-4-5-12(7-13)10-18(2)3/h4-7,11,14,16H,8-10H2,1-3H3,(H,17,19)/t11-,14-/m1/s1. The lowest BCUT2D eigenvalue weighted by atomic mass is 9.97. The first-order valence-electron chi connectivity index (χ1n) is 6.81. The van der Waals surface area contributed by atoms with Crippen LogP contribution in [0.3, 0.4) is 0 Å². The molecular weight excluding hydrogens is 238 g/mol. The highest BCUT2D eigenvalue weighted by molar-refractivity contribution is 5.93. The molecule has 104 valence electrons. The molecule has 1 fully saturated rings. The van der Waals surface area contributed by atoms with Crippen molar-refractivity contribution in [1.82, 2.24) is 10.2 Å². The maximum atomic E-state index is 12.2. The van der Waals surface area contributed by atoms with Gasteiger partial charge in [0.2, 0.25) is 5.91 Å². The quantitative estimate of drug-likeness (QED) is 0.864. The molecule has 19 heavy (non-hydrogen) atoms. The van der Waals surface area contributed by atoms with Crippen LogP contribution in [-0.4, -0.2) is 38.0 Å². The highest BCUT2D eigenvalue weighted by Gasteiger charge is 2.29. The summed E-state index contributed by atoms with van der Waals surface area (Å²) in [6.45, 7) is 4.71. The van der Waals surface area contributed by atoms with E-state index >= 15 is 0 Å². The third-order valence-electron chi connectivity index (χ3n) is 3.55. The lowest BCUT2D eigenvalue weighted by Crippen LogP contribution is -2.27. The monoisotopic (exact) mass is 261 g/mol. The van der Waals surface area contributed by atoms with E-state index in [4.69, 9.17) is 0 Å². The molecule has 1 aromatic carbocycles. The van der Waals surface area contributed by atoms with Gasteiger partial charge >= 0.3 is 0 Å². The number of rotatable bonds is 4. The smallest absolute Gasteiger partial charge is 0.229 e. The first kappa shape index (κ1) is 14.0. The summed E-state index contributed by atoms with van der Waals surface area (Å²) in [5, 5.41) is 6.29. The summed E-state index contributed by atoms with van der Waals surface area (Å²) < 4.78 is 0. The second-order valence-corrected chi connectivity index (χ2v) is 5.67. The van der Waals surface area contributed by atoms with E-state index in [2.05, 4.69) is 28.5 Å². The molecule has 0 aliphatic carbocycles. The minimum Gasteiger partial charge on any atom is -0.326 e. The van der Waals surface area contributed by atoms with Gasteiger partial charge in [-0.2, -0.15) is 0 Å². The van der Waals surface area contributed by atoms with Crippen LogP contribution in [0.2, 0.25) is 0 Å². The summed E-state index contributed by atoms with van der Waals surface area (Å²) in [7, 11) is 4.08. The number of hydrogen-bond acceptors (Lipinski definition) is 3. The molecule has 2 rings (SSSR count). The van der Waals surface area contributed by atoms with Crippen molar-refractivity contribution in [2.24, 2.45) is 11.8 Å². The molecular formula is C15H23N3O. The van der Waals surface area contributed by atoms with Gasteiger partial charge in [0.15, 0.2) is 0 Å². The van der Waals surface area contributed by atoms with Crippen molar-refractivity contribution >= 4 is 11.6 Å². The third kappa shape index (κ3) is 3.78. The Labute approximate surface area is 115 Å². The molecule has 1 heterocycles.